The van der Waals surface area contributed by atoms with Gasteiger partial charge in [0.2, 0.25) is 0 Å². The van der Waals surface area contributed by atoms with Crippen LogP contribution in [0.3, 0.4) is 0 Å². The van der Waals surface area contributed by atoms with Gasteiger partial charge >= 0.3 is 0 Å². The number of nitrogens with one attached hydrogen (secondary N) is 1. The minimum Gasteiger partial charge on any atom is -0.361 e. The molecule has 0 saturated heterocycles. The molecule has 0 radical (unpaired) electrons. The molecule has 0 unspecified atom stereocenters. The van der Waals surface area contributed by atoms with Gasteiger partial charge in [0.1, 0.15) is 0 Å². The largest absolute Gasteiger partial charge is 0.361 e. The number of thioether (sulfide) groups is 2. The lowest BCUT2D eigenvalue weighted by Crippen LogP contribution is -2.21. The zero-order valence-electron chi connectivity index (χ0n) is 10.7. The third-order valence-corrected chi connectivity index (χ3v) is 7.06. The lowest BCUT2D eigenvalue weighted by molar-refractivity contribution is 0.798. The maximum Gasteiger partial charge on any atom is 0.0595 e. The van der Waals surface area contributed by atoms with Gasteiger partial charge in [0.25, 0.3) is 0 Å². The standard InChI is InChI=1S/C15H13Cl2NS2/c16-9-2-1-8(7-10(9)17)13-14-11(3-5-19-14)18-12-4-6-20-15(12)13/h1-2,7,13,18H,3-6H2. The van der Waals surface area contributed by atoms with Crippen LogP contribution in [-0.2, 0) is 0 Å². The number of dihydropyridines is 1. The zero-order chi connectivity index (χ0) is 13.7. The first-order chi connectivity index (χ1) is 9.74. The molecule has 1 N–H and O–H groups in total. The first kappa shape index (κ1) is 13.4. The summed E-state index contributed by atoms with van der Waals surface area (Å²) >= 11 is 16.3. The quantitative estimate of drug-likeness (QED) is 0.736. The molecule has 4 rings (SSSR count). The van der Waals surface area contributed by atoms with Crippen LogP contribution in [0.2, 0.25) is 10.0 Å². The van der Waals surface area contributed by atoms with Gasteiger partial charge in [0.05, 0.1) is 10.0 Å². The summed E-state index contributed by atoms with van der Waals surface area (Å²) in [7, 11) is 0. The van der Waals surface area contributed by atoms with Crippen LogP contribution in [0.5, 0.6) is 0 Å². The summed E-state index contributed by atoms with van der Waals surface area (Å²) in [5.74, 6) is 2.73. The molecule has 5 heteroatoms. The molecule has 20 heavy (non-hydrogen) atoms. The van der Waals surface area contributed by atoms with Gasteiger partial charge in [-0.25, -0.2) is 0 Å². The SMILES string of the molecule is Clc1ccc(C2C3=C(CCS3)NC3=C2SCC3)cc1Cl. The highest BCUT2D eigenvalue weighted by molar-refractivity contribution is 8.04. The van der Waals surface area contributed by atoms with Crippen LogP contribution in [0.25, 0.3) is 0 Å². The highest BCUT2D eigenvalue weighted by Crippen LogP contribution is 2.54. The van der Waals surface area contributed by atoms with Crippen LogP contribution in [-0.4, -0.2) is 11.5 Å². The van der Waals surface area contributed by atoms with E-state index in [1.807, 2.05) is 35.7 Å². The van der Waals surface area contributed by atoms with Gasteiger partial charge in [0.15, 0.2) is 0 Å². The van der Waals surface area contributed by atoms with E-state index in [2.05, 4.69) is 11.4 Å². The van der Waals surface area contributed by atoms with Gasteiger partial charge in [-0.15, -0.1) is 23.5 Å². The molecule has 1 nitrogen and oxygen atoms in total. The van der Waals surface area contributed by atoms with Crippen molar-refractivity contribution in [2.75, 3.05) is 11.5 Å². The van der Waals surface area contributed by atoms with Crippen molar-refractivity contribution >= 4 is 46.7 Å². The Hall–Kier alpha value is -0.220. The van der Waals surface area contributed by atoms with E-state index in [0.29, 0.717) is 16.0 Å². The number of benzene rings is 1. The van der Waals surface area contributed by atoms with Gasteiger partial charge in [0, 0.05) is 38.6 Å². The molecule has 104 valence electrons. The molecule has 0 fully saturated rings. The molecule has 3 aliphatic rings. The Morgan fingerprint density at radius 2 is 1.60 bits per heavy atom. The molecular formula is C15H13Cl2NS2. The second kappa shape index (κ2) is 5.20. The van der Waals surface area contributed by atoms with Gasteiger partial charge in [-0.05, 0) is 30.5 Å². The average Bonchev–Trinajstić information content (AvgIpc) is 3.07. The van der Waals surface area contributed by atoms with Crippen molar-refractivity contribution in [2.24, 2.45) is 0 Å². The van der Waals surface area contributed by atoms with E-state index in [-0.39, 0.29) is 0 Å². The third kappa shape index (κ3) is 2.10. The second-order valence-corrected chi connectivity index (χ2v) is 8.20. The molecule has 0 saturated carbocycles. The molecule has 0 bridgehead atoms. The summed E-state index contributed by atoms with van der Waals surface area (Å²) < 4.78 is 0. The van der Waals surface area contributed by atoms with Gasteiger partial charge in [-0.3, -0.25) is 0 Å². The first-order valence-electron chi connectivity index (χ1n) is 6.67. The molecule has 0 amide bonds. The maximum atomic E-state index is 6.23. The van der Waals surface area contributed by atoms with Crippen molar-refractivity contribution < 1.29 is 0 Å². The van der Waals surface area contributed by atoms with Gasteiger partial charge in [-0.2, -0.15) is 0 Å². The summed E-state index contributed by atoms with van der Waals surface area (Å²) in [5, 5.41) is 4.94. The minimum absolute atomic E-state index is 0.371. The number of hydrogen-bond donors (Lipinski definition) is 1. The zero-order valence-corrected chi connectivity index (χ0v) is 13.9. The molecule has 1 aromatic rings. The number of allylic oxidation sites excluding steroid dienone is 4. The second-order valence-electron chi connectivity index (χ2n) is 5.11. The Balaban J connectivity index is 1.83. The van der Waals surface area contributed by atoms with E-state index >= 15 is 0 Å². The fourth-order valence-corrected chi connectivity index (χ4v) is 5.94. The molecule has 3 heterocycles. The smallest absolute Gasteiger partial charge is 0.0595 e. The van der Waals surface area contributed by atoms with Crippen LogP contribution in [0, 0.1) is 0 Å². The van der Waals surface area contributed by atoms with Crippen LogP contribution in [0.4, 0.5) is 0 Å². The Kier molecular flexibility index (Phi) is 3.50. The maximum absolute atomic E-state index is 6.23. The summed E-state index contributed by atoms with van der Waals surface area (Å²) in [5.41, 5.74) is 4.12. The summed E-state index contributed by atoms with van der Waals surface area (Å²) in [6.45, 7) is 0. The van der Waals surface area contributed by atoms with Crippen molar-refractivity contribution in [3.05, 3.63) is 55.0 Å². The summed E-state index contributed by atoms with van der Waals surface area (Å²) in [4.78, 5) is 2.97. The van der Waals surface area contributed by atoms with E-state index < -0.39 is 0 Å². The minimum atomic E-state index is 0.371. The average molecular weight is 342 g/mol. The lowest BCUT2D eigenvalue weighted by Gasteiger charge is -2.28. The monoisotopic (exact) mass is 341 g/mol. The van der Waals surface area contributed by atoms with Gasteiger partial charge in [-0.1, -0.05) is 29.3 Å². The molecule has 3 aliphatic heterocycles. The van der Waals surface area contributed by atoms with Gasteiger partial charge < -0.3 is 5.32 Å². The van der Waals surface area contributed by atoms with Crippen molar-refractivity contribution in [1.29, 1.82) is 0 Å². The topological polar surface area (TPSA) is 12.0 Å². The van der Waals surface area contributed by atoms with Crippen LogP contribution in [0.1, 0.15) is 24.3 Å². The molecule has 0 aromatic heterocycles. The Labute approximate surface area is 137 Å². The first-order valence-corrected chi connectivity index (χ1v) is 9.40. The molecule has 0 aliphatic carbocycles. The highest BCUT2D eigenvalue weighted by atomic mass is 35.5. The number of hydrogen-bond acceptors (Lipinski definition) is 3. The fraction of sp³-hybridized carbons (Fsp3) is 0.333. The Morgan fingerprint density at radius 3 is 2.20 bits per heavy atom. The summed E-state index contributed by atoms with van der Waals surface area (Å²) in [6, 6.07) is 6.07. The van der Waals surface area contributed by atoms with Crippen molar-refractivity contribution in [1.82, 2.24) is 5.32 Å². The van der Waals surface area contributed by atoms with Crippen molar-refractivity contribution in [2.45, 2.75) is 18.8 Å². The predicted octanol–water partition coefficient (Wildman–Crippen LogP) is 5.38. The normalized spacial score (nSPS) is 22.1. The number of halogens is 2. The Bertz CT molecular complexity index is 621. The Morgan fingerprint density at radius 1 is 0.950 bits per heavy atom. The summed E-state index contributed by atoms with van der Waals surface area (Å²) in [6.07, 6.45) is 2.30. The highest BCUT2D eigenvalue weighted by Gasteiger charge is 2.36. The fourth-order valence-electron chi connectivity index (χ4n) is 3.01. The molecule has 0 spiro atoms. The van der Waals surface area contributed by atoms with Crippen LogP contribution < -0.4 is 5.32 Å². The third-order valence-electron chi connectivity index (χ3n) is 3.92. The molecule has 1 aromatic carbocycles. The molecular weight excluding hydrogens is 329 g/mol. The van der Waals surface area contributed by atoms with E-state index in [1.165, 1.54) is 38.3 Å². The predicted molar refractivity (Wildman–Crippen MR) is 90.5 cm³/mol. The number of rotatable bonds is 1. The van der Waals surface area contributed by atoms with Crippen molar-refractivity contribution in [3.63, 3.8) is 0 Å². The molecule has 0 atom stereocenters. The van der Waals surface area contributed by atoms with E-state index in [1.54, 1.807) is 0 Å². The van der Waals surface area contributed by atoms with Crippen LogP contribution >= 0.6 is 46.7 Å². The van der Waals surface area contributed by atoms with E-state index in [9.17, 15) is 0 Å². The van der Waals surface area contributed by atoms with E-state index in [4.69, 9.17) is 23.2 Å². The van der Waals surface area contributed by atoms with Crippen LogP contribution in [0.15, 0.2) is 39.4 Å². The van der Waals surface area contributed by atoms with E-state index in [0.717, 1.165) is 12.8 Å². The van der Waals surface area contributed by atoms with Crippen molar-refractivity contribution in [3.8, 4) is 0 Å². The lowest BCUT2D eigenvalue weighted by atomic mass is 9.93.